The highest BCUT2D eigenvalue weighted by Crippen LogP contribution is 2.37. The highest BCUT2D eigenvalue weighted by Gasteiger charge is 2.21. The van der Waals surface area contributed by atoms with Crippen molar-refractivity contribution >= 4 is 23.0 Å². The molecule has 26 heavy (non-hydrogen) atoms. The van der Waals surface area contributed by atoms with Crippen LogP contribution in [0.4, 0.5) is 11.4 Å². The summed E-state index contributed by atoms with van der Waals surface area (Å²) in [4.78, 5) is 4.64. The van der Waals surface area contributed by atoms with E-state index in [-0.39, 0.29) is 0 Å². The highest BCUT2D eigenvalue weighted by atomic mass is 35.5. The molecule has 0 aliphatic carbocycles. The second kappa shape index (κ2) is 7.06. The Balaban J connectivity index is 1.79. The zero-order chi connectivity index (χ0) is 18.1. The first-order valence-electron chi connectivity index (χ1n) is 8.76. The van der Waals surface area contributed by atoms with Crippen LogP contribution in [-0.4, -0.2) is 35.2 Å². The fourth-order valence-corrected chi connectivity index (χ4v) is 3.61. The van der Waals surface area contributed by atoms with Crippen molar-refractivity contribution in [3.05, 3.63) is 70.9 Å². The molecular formula is C21H21ClN4. The van der Waals surface area contributed by atoms with Gasteiger partial charge < -0.3 is 9.80 Å². The number of aryl methyl sites for hydroxylation is 1. The lowest BCUT2D eigenvalue weighted by atomic mass is 10.0. The number of halogens is 1. The van der Waals surface area contributed by atoms with Gasteiger partial charge >= 0.3 is 0 Å². The summed E-state index contributed by atoms with van der Waals surface area (Å²) in [6.45, 7) is 4.71. The van der Waals surface area contributed by atoms with E-state index in [1.165, 1.54) is 11.3 Å². The first-order chi connectivity index (χ1) is 12.6. The summed E-state index contributed by atoms with van der Waals surface area (Å²) in [7, 11) is 2.15. The molecule has 0 N–H and O–H groups in total. The standard InChI is InChI=1S/C21H21ClN4/c1-15-7-9-19(24-23-15)16-8-10-20-17(13-16)14-25(2)11-12-26(20)21-6-4-3-5-18(21)22/h3-10,13H,11-12,14H2,1-2H3. The molecule has 0 amide bonds. The van der Waals surface area contributed by atoms with Crippen LogP contribution in [0.1, 0.15) is 11.3 Å². The van der Waals surface area contributed by atoms with Crippen LogP contribution in [-0.2, 0) is 6.54 Å². The number of benzene rings is 2. The third-order valence-corrected chi connectivity index (χ3v) is 5.07. The Labute approximate surface area is 159 Å². The average Bonchev–Trinajstić information content (AvgIpc) is 2.80. The molecule has 4 rings (SSSR count). The molecule has 2 heterocycles. The maximum atomic E-state index is 6.48. The van der Waals surface area contributed by atoms with Gasteiger partial charge in [0.2, 0.25) is 0 Å². The minimum Gasteiger partial charge on any atom is -0.339 e. The third-order valence-electron chi connectivity index (χ3n) is 4.75. The lowest BCUT2D eigenvalue weighted by molar-refractivity contribution is 0.343. The Morgan fingerprint density at radius 3 is 2.54 bits per heavy atom. The van der Waals surface area contributed by atoms with Gasteiger partial charge in [-0.25, -0.2) is 0 Å². The number of hydrogen-bond donors (Lipinski definition) is 0. The molecule has 1 aliphatic rings. The van der Waals surface area contributed by atoms with Crippen LogP contribution in [0.15, 0.2) is 54.6 Å². The van der Waals surface area contributed by atoms with Crippen LogP contribution in [0, 0.1) is 6.92 Å². The van der Waals surface area contributed by atoms with Crippen molar-refractivity contribution in [2.24, 2.45) is 0 Å². The number of nitrogens with zero attached hydrogens (tertiary/aromatic N) is 4. The lowest BCUT2D eigenvalue weighted by Gasteiger charge is -2.26. The van der Waals surface area contributed by atoms with Crippen LogP contribution < -0.4 is 4.90 Å². The Kier molecular flexibility index (Phi) is 4.62. The highest BCUT2D eigenvalue weighted by molar-refractivity contribution is 6.33. The van der Waals surface area contributed by atoms with Gasteiger partial charge in [-0.05, 0) is 55.9 Å². The molecule has 4 nitrogen and oxygen atoms in total. The fraction of sp³-hybridized carbons (Fsp3) is 0.238. The van der Waals surface area contributed by atoms with E-state index in [0.29, 0.717) is 0 Å². The van der Waals surface area contributed by atoms with Gasteiger partial charge in [0.15, 0.2) is 0 Å². The van der Waals surface area contributed by atoms with Gasteiger partial charge in [-0.2, -0.15) is 10.2 Å². The van der Waals surface area contributed by atoms with Crippen molar-refractivity contribution in [2.75, 3.05) is 25.0 Å². The van der Waals surface area contributed by atoms with Crippen molar-refractivity contribution in [1.29, 1.82) is 0 Å². The van der Waals surface area contributed by atoms with E-state index in [1.54, 1.807) is 0 Å². The summed E-state index contributed by atoms with van der Waals surface area (Å²) >= 11 is 6.48. The molecule has 1 aromatic heterocycles. The molecule has 0 saturated heterocycles. The number of fused-ring (bicyclic) bond motifs is 1. The summed E-state index contributed by atoms with van der Waals surface area (Å²) < 4.78 is 0. The van der Waals surface area contributed by atoms with Crippen LogP contribution in [0.2, 0.25) is 5.02 Å². The smallest absolute Gasteiger partial charge is 0.0929 e. The number of hydrogen-bond acceptors (Lipinski definition) is 4. The zero-order valence-electron chi connectivity index (χ0n) is 15.0. The van der Waals surface area contributed by atoms with E-state index >= 15 is 0 Å². The fourth-order valence-electron chi connectivity index (χ4n) is 3.37. The summed E-state index contributed by atoms with van der Waals surface area (Å²) in [5.74, 6) is 0. The summed E-state index contributed by atoms with van der Waals surface area (Å²) in [6.07, 6.45) is 0. The molecular weight excluding hydrogens is 344 g/mol. The molecule has 0 bridgehead atoms. The summed E-state index contributed by atoms with van der Waals surface area (Å²) in [6, 6.07) is 18.6. The van der Waals surface area contributed by atoms with E-state index in [0.717, 1.165) is 47.3 Å². The van der Waals surface area contributed by atoms with E-state index < -0.39 is 0 Å². The van der Waals surface area contributed by atoms with Crippen LogP contribution in [0.5, 0.6) is 0 Å². The summed E-state index contributed by atoms with van der Waals surface area (Å²) in [5, 5.41) is 9.29. The summed E-state index contributed by atoms with van der Waals surface area (Å²) in [5.41, 5.74) is 6.43. The molecule has 5 heteroatoms. The molecule has 0 radical (unpaired) electrons. The van der Waals surface area contributed by atoms with Crippen molar-refractivity contribution in [2.45, 2.75) is 13.5 Å². The van der Waals surface area contributed by atoms with Crippen molar-refractivity contribution < 1.29 is 0 Å². The van der Waals surface area contributed by atoms with E-state index in [4.69, 9.17) is 11.6 Å². The van der Waals surface area contributed by atoms with Gasteiger partial charge in [-0.15, -0.1) is 0 Å². The van der Waals surface area contributed by atoms with Crippen LogP contribution >= 0.6 is 11.6 Å². The number of anilines is 2. The molecule has 132 valence electrons. The second-order valence-corrected chi connectivity index (χ2v) is 7.15. The molecule has 0 unspecified atom stereocenters. The predicted octanol–water partition coefficient (Wildman–Crippen LogP) is 4.69. The van der Waals surface area contributed by atoms with E-state index in [1.807, 2.05) is 37.3 Å². The molecule has 0 saturated carbocycles. The number of likely N-dealkylation sites (N-methyl/N-ethyl adjacent to an activating group) is 1. The molecule has 1 aliphatic heterocycles. The largest absolute Gasteiger partial charge is 0.339 e. The van der Waals surface area contributed by atoms with Gasteiger partial charge in [-0.1, -0.05) is 29.8 Å². The predicted molar refractivity (Wildman–Crippen MR) is 107 cm³/mol. The second-order valence-electron chi connectivity index (χ2n) is 6.74. The molecule has 0 spiro atoms. The third kappa shape index (κ3) is 3.30. The van der Waals surface area contributed by atoms with Crippen LogP contribution in [0.3, 0.4) is 0 Å². The quantitative estimate of drug-likeness (QED) is 0.660. The van der Waals surface area contributed by atoms with E-state index in [9.17, 15) is 0 Å². The van der Waals surface area contributed by atoms with Gasteiger partial charge in [0.25, 0.3) is 0 Å². The zero-order valence-corrected chi connectivity index (χ0v) is 15.7. The SMILES string of the molecule is Cc1ccc(-c2ccc3c(c2)CN(C)CCN3c2ccccc2Cl)nn1. The van der Waals surface area contributed by atoms with Crippen molar-refractivity contribution in [3.8, 4) is 11.3 Å². The molecule has 0 fully saturated rings. The van der Waals surface area contributed by atoms with Gasteiger partial charge in [0.05, 0.1) is 22.1 Å². The monoisotopic (exact) mass is 364 g/mol. The lowest BCUT2D eigenvalue weighted by Crippen LogP contribution is -2.26. The minimum absolute atomic E-state index is 0.775. The first-order valence-corrected chi connectivity index (χ1v) is 9.14. The van der Waals surface area contributed by atoms with Crippen LogP contribution in [0.25, 0.3) is 11.3 Å². The first kappa shape index (κ1) is 17.0. The minimum atomic E-state index is 0.775. The topological polar surface area (TPSA) is 32.3 Å². The number of para-hydroxylation sites is 1. The average molecular weight is 365 g/mol. The van der Waals surface area contributed by atoms with Crippen molar-refractivity contribution in [3.63, 3.8) is 0 Å². The normalized spacial score (nSPS) is 14.8. The Morgan fingerprint density at radius 1 is 0.923 bits per heavy atom. The van der Waals surface area contributed by atoms with Gasteiger partial charge in [0, 0.05) is 30.9 Å². The molecule has 3 aromatic rings. The number of aromatic nitrogens is 2. The van der Waals surface area contributed by atoms with E-state index in [2.05, 4.69) is 51.3 Å². The maximum Gasteiger partial charge on any atom is 0.0929 e. The molecule has 0 atom stereocenters. The Bertz CT molecular complexity index is 924. The maximum absolute atomic E-state index is 6.48. The molecule has 2 aromatic carbocycles. The Morgan fingerprint density at radius 2 is 1.77 bits per heavy atom. The number of rotatable bonds is 2. The van der Waals surface area contributed by atoms with Crippen molar-refractivity contribution in [1.82, 2.24) is 15.1 Å². The Hall–Kier alpha value is -2.43. The van der Waals surface area contributed by atoms with Gasteiger partial charge in [0.1, 0.15) is 0 Å². The van der Waals surface area contributed by atoms with Gasteiger partial charge in [-0.3, -0.25) is 0 Å².